The zero-order chi connectivity index (χ0) is 25.8. The summed E-state index contributed by atoms with van der Waals surface area (Å²) in [7, 11) is -1.54. The highest BCUT2D eigenvalue weighted by atomic mass is 32.2. The fourth-order valence-corrected chi connectivity index (χ4v) is 5.31. The molecular weight excluding hydrogens is 471 g/mol. The van der Waals surface area contributed by atoms with Gasteiger partial charge in [0.05, 0.1) is 30.8 Å². The van der Waals surface area contributed by atoms with Gasteiger partial charge in [-0.3, -0.25) is 9.10 Å². The summed E-state index contributed by atoms with van der Waals surface area (Å²) < 4.78 is 53.1. The van der Waals surface area contributed by atoms with E-state index in [1.165, 1.54) is 50.6 Å². The van der Waals surface area contributed by atoms with Gasteiger partial charge in [0.15, 0.2) is 11.5 Å². The van der Waals surface area contributed by atoms with Crippen LogP contribution in [0.1, 0.15) is 29.7 Å². The van der Waals surface area contributed by atoms with Crippen LogP contribution in [0.25, 0.3) is 0 Å². The van der Waals surface area contributed by atoms with Gasteiger partial charge >= 0.3 is 0 Å². The van der Waals surface area contributed by atoms with Gasteiger partial charge in [0.1, 0.15) is 12.4 Å². The van der Waals surface area contributed by atoms with Gasteiger partial charge in [0.25, 0.3) is 10.0 Å². The number of carbonyl (C=O) groups excluding carboxylic acids is 1. The first kappa shape index (κ1) is 26.0. The van der Waals surface area contributed by atoms with Crippen molar-refractivity contribution >= 4 is 21.6 Å². The van der Waals surface area contributed by atoms with Gasteiger partial charge in [0.2, 0.25) is 5.91 Å². The zero-order valence-corrected chi connectivity index (χ0v) is 21.1. The van der Waals surface area contributed by atoms with E-state index in [2.05, 4.69) is 5.32 Å². The van der Waals surface area contributed by atoms with Gasteiger partial charge in [-0.05, 0) is 56.2 Å². The van der Waals surface area contributed by atoms with Gasteiger partial charge < -0.3 is 14.8 Å². The van der Waals surface area contributed by atoms with Crippen molar-refractivity contribution in [1.82, 2.24) is 5.32 Å². The minimum atomic E-state index is -4.35. The maximum Gasteiger partial charge on any atom is 0.265 e. The highest BCUT2D eigenvalue weighted by molar-refractivity contribution is 7.92. The van der Waals surface area contributed by atoms with Crippen LogP contribution in [0, 0.1) is 19.7 Å². The van der Waals surface area contributed by atoms with Gasteiger partial charge in [-0.2, -0.15) is 0 Å². The number of rotatable bonds is 9. The molecule has 186 valence electrons. The Balaban J connectivity index is 1.96. The predicted molar refractivity (Wildman–Crippen MR) is 133 cm³/mol. The van der Waals surface area contributed by atoms with Crippen molar-refractivity contribution in [2.45, 2.75) is 31.7 Å². The molecule has 0 bridgehead atoms. The molecule has 1 atom stereocenters. The second-order valence-corrected chi connectivity index (χ2v) is 9.99. The van der Waals surface area contributed by atoms with E-state index in [4.69, 9.17) is 9.47 Å². The minimum absolute atomic E-state index is 0.173. The number of hydrogen-bond donors (Lipinski definition) is 1. The fourth-order valence-electron chi connectivity index (χ4n) is 3.86. The number of sulfonamides is 1. The molecule has 9 heteroatoms. The van der Waals surface area contributed by atoms with Crippen LogP contribution in [0.15, 0.2) is 65.6 Å². The molecule has 3 aromatic carbocycles. The molecule has 0 saturated carbocycles. The monoisotopic (exact) mass is 500 g/mol. The van der Waals surface area contributed by atoms with Crippen LogP contribution in [0.5, 0.6) is 11.5 Å². The number of para-hydroxylation sites is 1. The van der Waals surface area contributed by atoms with Gasteiger partial charge in [-0.15, -0.1) is 0 Å². The third-order valence-electron chi connectivity index (χ3n) is 5.62. The van der Waals surface area contributed by atoms with E-state index in [1.54, 1.807) is 0 Å². The van der Waals surface area contributed by atoms with Crippen LogP contribution in [0.4, 0.5) is 10.1 Å². The smallest absolute Gasteiger partial charge is 0.265 e. The standard InChI is InChI=1S/C26H29FN2O5S/c1-17-10-12-21(18(2)14-17)19(3)28-26(30)16-29(23-9-7-6-8-22(23)27)35(31,32)20-11-13-24(33-4)25(15-20)34-5/h6-15,19H,16H2,1-5H3,(H,28,30). The zero-order valence-electron chi connectivity index (χ0n) is 20.3. The first-order chi connectivity index (χ1) is 16.6. The number of carbonyl (C=O) groups is 1. The molecule has 0 spiro atoms. The molecule has 1 N–H and O–H groups in total. The van der Waals surface area contributed by atoms with E-state index in [0.29, 0.717) is 5.75 Å². The number of anilines is 1. The summed E-state index contributed by atoms with van der Waals surface area (Å²) in [5.41, 5.74) is 2.76. The second kappa shape index (κ2) is 10.8. The molecular formula is C26H29FN2O5S. The Morgan fingerprint density at radius 1 is 1.00 bits per heavy atom. The summed E-state index contributed by atoms with van der Waals surface area (Å²) in [6.45, 7) is 5.11. The van der Waals surface area contributed by atoms with Crippen molar-refractivity contribution in [3.8, 4) is 11.5 Å². The topological polar surface area (TPSA) is 84.9 Å². The first-order valence-corrected chi connectivity index (χ1v) is 12.4. The number of ether oxygens (including phenoxy) is 2. The lowest BCUT2D eigenvalue weighted by atomic mass is 10.0. The van der Waals surface area contributed by atoms with E-state index >= 15 is 0 Å². The first-order valence-electron chi connectivity index (χ1n) is 10.9. The van der Waals surface area contributed by atoms with Crippen LogP contribution >= 0.6 is 0 Å². The normalized spacial score (nSPS) is 12.1. The summed E-state index contributed by atoms with van der Waals surface area (Å²) in [6.07, 6.45) is 0. The lowest BCUT2D eigenvalue weighted by molar-refractivity contribution is -0.120. The van der Waals surface area contributed by atoms with Crippen LogP contribution < -0.4 is 19.1 Å². The highest BCUT2D eigenvalue weighted by Crippen LogP contribution is 2.33. The average Bonchev–Trinajstić information content (AvgIpc) is 2.82. The van der Waals surface area contributed by atoms with Crippen molar-refractivity contribution in [3.05, 3.63) is 83.2 Å². The van der Waals surface area contributed by atoms with E-state index in [9.17, 15) is 17.6 Å². The Morgan fingerprint density at radius 2 is 1.69 bits per heavy atom. The highest BCUT2D eigenvalue weighted by Gasteiger charge is 2.30. The second-order valence-electron chi connectivity index (χ2n) is 8.13. The molecule has 0 radical (unpaired) electrons. The molecule has 0 heterocycles. The van der Waals surface area contributed by atoms with Gasteiger partial charge in [-0.1, -0.05) is 35.9 Å². The average molecular weight is 501 g/mol. The SMILES string of the molecule is COc1ccc(S(=O)(=O)N(CC(=O)NC(C)c2ccc(C)cc2C)c2ccccc2F)cc1OC. The maximum atomic E-state index is 14.7. The summed E-state index contributed by atoms with van der Waals surface area (Å²) >= 11 is 0. The number of methoxy groups -OCH3 is 2. The Morgan fingerprint density at radius 3 is 2.31 bits per heavy atom. The lowest BCUT2D eigenvalue weighted by Gasteiger charge is -2.26. The summed E-state index contributed by atoms with van der Waals surface area (Å²) in [5.74, 6) is -0.824. The molecule has 1 amide bonds. The molecule has 0 aliphatic heterocycles. The number of amides is 1. The van der Waals surface area contributed by atoms with E-state index in [-0.39, 0.29) is 22.4 Å². The van der Waals surface area contributed by atoms with Crippen molar-refractivity contribution in [2.75, 3.05) is 25.1 Å². The van der Waals surface area contributed by atoms with Crippen molar-refractivity contribution in [1.29, 1.82) is 0 Å². The van der Waals surface area contributed by atoms with Crippen LogP contribution in [-0.4, -0.2) is 35.1 Å². The molecule has 35 heavy (non-hydrogen) atoms. The van der Waals surface area contributed by atoms with Crippen molar-refractivity contribution in [3.63, 3.8) is 0 Å². The lowest BCUT2D eigenvalue weighted by Crippen LogP contribution is -2.42. The molecule has 0 aliphatic carbocycles. The molecule has 3 aromatic rings. The Bertz CT molecular complexity index is 1330. The van der Waals surface area contributed by atoms with Crippen LogP contribution in [0.2, 0.25) is 0 Å². The minimum Gasteiger partial charge on any atom is -0.493 e. The summed E-state index contributed by atoms with van der Waals surface area (Å²) in [6, 6.07) is 14.9. The Kier molecular flexibility index (Phi) is 8.01. The van der Waals surface area contributed by atoms with E-state index in [1.807, 2.05) is 39.0 Å². The molecule has 0 aliphatic rings. The van der Waals surface area contributed by atoms with Gasteiger partial charge in [0, 0.05) is 6.07 Å². The summed E-state index contributed by atoms with van der Waals surface area (Å²) in [5, 5.41) is 2.83. The fraction of sp³-hybridized carbons (Fsp3) is 0.269. The number of benzene rings is 3. The number of halogens is 1. The van der Waals surface area contributed by atoms with Crippen LogP contribution in [0.3, 0.4) is 0 Å². The molecule has 1 unspecified atom stereocenters. The molecule has 0 aromatic heterocycles. The maximum absolute atomic E-state index is 14.7. The Labute approximate surface area is 205 Å². The number of nitrogens with zero attached hydrogens (tertiary/aromatic N) is 1. The van der Waals surface area contributed by atoms with Crippen molar-refractivity contribution in [2.24, 2.45) is 0 Å². The summed E-state index contributed by atoms with van der Waals surface area (Å²) in [4.78, 5) is 12.8. The molecule has 3 rings (SSSR count). The largest absolute Gasteiger partial charge is 0.493 e. The molecule has 7 nitrogen and oxygen atoms in total. The third-order valence-corrected chi connectivity index (χ3v) is 7.38. The van der Waals surface area contributed by atoms with Gasteiger partial charge in [-0.25, -0.2) is 12.8 Å². The molecule has 0 saturated heterocycles. The number of aryl methyl sites for hydroxylation is 2. The number of nitrogens with one attached hydrogen (secondary N) is 1. The Hall–Kier alpha value is -3.59. The van der Waals surface area contributed by atoms with Crippen molar-refractivity contribution < 1.29 is 27.1 Å². The predicted octanol–water partition coefficient (Wildman–Crippen LogP) is 4.53. The quantitative estimate of drug-likeness (QED) is 0.467. The van der Waals surface area contributed by atoms with Crippen LogP contribution in [-0.2, 0) is 14.8 Å². The number of hydrogen-bond acceptors (Lipinski definition) is 5. The van der Waals surface area contributed by atoms with E-state index < -0.39 is 28.3 Å². The van der Waals surface area contributed by atoms with E-state index in [0.717, 1.165) is 27.1 Å². The third kappa shape index (κ3) is 5.74. The molecule has 0 fully saturated rings.